The van der Waals surface area contributed by atoms with Gasteiger partial charge in [0.2, 0.25) is 0 Å². The molecule has 1 N–H and O–H groups in total. The highest BCUT2D eigenvalue weighted by molar-refractivity contribution is 7.80. The van der Waals surface area contributed by atoms with Crippen molar-refractivity contribution in [2.24, 2.45) is 0 Å². The summed E-state index contributed by atoms with van der Waals surface area (Å²) in [6.45, 7) is 3.98. The van der Waals surface area contributed by atoms with E-state index in [0.29, 0.717) is 5.11 Å². The summed E-state index contributed by atoms with van der Waals surface area (Å²) in [5.41, 5.74) is 3.84. The fourth-order valence-corrected chi connectivity index (χ4v) is 2.71. The smallest absolute Gasteiger partial charge is 0.253 e. The lowest BCUT2D eigenvalue weighted by Crippen LogP contribution is -2.47. The molecule has 1 unspecified atom stereocenters. The molecule has 2 rings (SSSR count). The number of allylic oxidation sites excluding steroid dienone is 1. The fraction of sp³-hybridized carbons (Fsp3) is 0.375. The van der Waals surface area contributed by atoms with Crippen LogP contribution < -0.4 is 5.32 Å². The van der Waals surface area contributed by atoms with Gasteiger partial charge in [0.1, 0.15) is 0 Å². The highest BCUT2D eigenvalue weighted by Gasteiger charge is 2.33. The van der Waals surface area contributed by atoms with Gasteiger partial charge in [-0.1, -0.05) is 29.8 Å². The molecule has 1 aliphatic heterocycles. The van der Waals surface area contributed by atoms with E-state index < -0.39 is 0 Å². The summed E-state index contributed by atoms with van der Waals surface area (Å²) in [7, 11) is 5.41. The molecule has 112 valence electrons. The normalized spacial score (nSPS) is 18.6. The Labute approximate surface area is 131 Å². The summed E-state index contributed by atoms with van der Waals surface area (Å²) in [6.07, 6.45) is 0. The molecule has 4 nitrogen and oxygen atoms in total. The summed E-state index contributed by atoms with van der Waals surface area (Å²) in [5, 5.41) is 3.91. The summed E-state index contributed by atoms with van der Waals surface area (Å²) in [4.78, 5) is 16.0. The molecular weight excluding hydrogens is 282 g/mol. The van der Waals surface area contributed by atoms with Crippen LogP contribution in [0.25, 0.3) is 0 Å². The third kappa shape index (κ3) is 2.93. The molecule has 0 saturated heterocycles. The molecule has 0 saturated carbocycles. The minimum Gasteiger partial charge on any atom is -0.351 e. The predicted molar refractivity (Wildman–Crippen MR) is 88.8 cm³/mol. The Morgan fingerprint density at radius 2 is 2.00 bits per heavy atom. The molecule has 0 bridgehead atoms. The maximum Gasteiger partial charge on any atom is 0.253 e. The van der Waals surface area contributed by atoms with Crippen LogP contribution in [0, 0.1) is 6.92 Å². The number of rotatable bonds is 2. The lowest BCUT2D eigenvalue weighted by atomic mass is 9.93. The zero-order valence-corrected chi connectivity index (χ0v) is 13.9. The Bertz CT molecular complexity index is 622. The zero-order chi connectivity index (χ0) is 15.7. The van der Waals surface area contributed by atoms with E-state index in [1.165, 1.54) is 0 Å². The molecule has 0 fully saturated rings. The summed E-state index contributed by atoms with van der Waals surface area (Å²) < 4.78 is 0. The molecule has 1 aromatic carbocycles. The van der Waals surface area contributed by atoms with Gasteiger partial charge in [-0.2, -0.15) is 0 Å². The quantitative estimate of drug-likeness (QED) is 0.850. The van der Waals surface area contributed by atoms with Gasteiger partial charge in [-0.15, -0.1) is 0 Å². The number of carbonyl (C=O) groups excluding carboxylic acids is 1. The van der Waals surface area contributed by atoms with Crippen molar-refractivity contribution in [3.63, 3.8) is 0 Å². The van der Waals surface area contributed by atoms with E-state index in [9.17, 15) is 4.79 Å². The van der Waals surface area contributed by atoms with Gasteiger partial charge < -0.3 is 15.1 Å². The minimum atomic E-state index is -0.205. The average molecular weight is 303 g/mol. The van der Waals surface area contributed by atoms with Crippen LogP contribution in [-0.4, -0.2) is 42.0 Å². The lowest BCUT2D eigenvalue weighted by molar-refractivity contribution is -0.125. The van der Waals surface area contributed by atoms with E-state index in [1.807, 2.05) is 44.0 Å². The summed E-state index contributed by atoms with van der Waals surface area (Å²) in [6, 6.07) is 7.95. The first-order valence-electron chi connectivity index (χ1n) is 6.86. The molecule has 1 aliphatic rings. The topological polar surface area (TPSA) is 35.6 Å². The average Bonchev–Trinajstić information content (AvgIpc) is 2.43. The standard InChI is InChI=1S/C16H21N3OS/c1-10-7-6-8-12(9-10)14-13(15(20)18(3)4)11(2)19(5)16(21)17-14/h6-9,14H,1-5H3,(H,17,21). The molecule has 1 atom stereocenters. The second-order valence-electron chi connectivity index (χ2n) is 5.55. The number of amides is 1. The zero-order valence-electron chi connectivity index (χ0n) is 13.1. The Kier molecular flexibility index (Phi) is 4.32. The van der Waals surface area contributed by atoms with Crippen molar-refractivity contribution in [3.05, 3.63) is 46.7 Å². The molecule has 1 heterocycles. The molecule has 0 aliphatic carbocycles. The van der Waals surface area contributed by atoms with E-state index >= 15 is 0 Å². The molecule has 0 radical (unpaired) electrons. The Hall–Kier alpha value is -1.88. The Morgan fingerprint density at radius 1 is 1.33 bits per heavy atom. The third-order valence-electron chi connectivity index (χ3n) is 3.77. The monoisotopic (exact) mass is 303 g/mol. The van der Waals surface area contributed by atoms with Crippen LogP contribution in [0.3, 0.4) is 0 Å². The highest BCUT2D eigenvalue weighted by Crippen LogP contribution is 2.31. The first-order valence-corrected chi connectivity index (χ1v) is 7.27. The molecule has 0 spiro atoms. The van der Waals surface area contributed by atoms with Crippen LogP contribution in [0.15, 0.2) is 35.5 Å². The summed E-state index contributed by atoms with van der Waals surface area (Å²) in [5.74, 6) is 0.000793. The second-order valence-corrected chi connectivity index (χ2v) is 5.94. The highest BCUT2D eigenvalue weighted by atomic mass is 32.1. The Balaban J connectivity index is 2.56. The number of benzene rings is 1. The SMILES string of the molecule is CC1=C(C(=O)N(C)C)C(c2cccc(C)c2)NC(=S)N1C. The van der Waals surface area contributed by atoms with Crippen molar-refractivity contribution in [2.75, 3.05) is 21.1 Å². The number of aryl methyl sites for hydroxylation is 1. The molecule has 21 heavy (non-hydrogen) atoms. The number of hydrogen-bond donors (Lipinski definition) is 1. The van der Waals surface area contributed by atoms with Crippen molar-refractivity contribution < 1.29 is 4.79 Å². The van der Waals surface area contributed by atoms with E-state index in [1.54, 1.807) is 19.0 Å². The van der Waals surface area contributed by atoms with E-state index in [0.717, 1.165) is 22.4 Å². The van der Waals surface area contributed by atoms with Crippen LogP contribution in [0.2, 0.25) is 0 Å². The molecular formula is C16H21N3OS. The van der Waals surface area contributed by atoms with Crippen LogP contribution in [0.1, 0.15) is 24.1 Å². The number of likely N-dealkylation sites (N-methyl/N-ethyl adjacent to an activating group) is 1. The predicted octanol–water partition coefficient (Wildman–Crippen LogP) is 2.22. The maximum atomic E-state index is 12.6. The van der Waals surface area contributed by atoms with Gasteiger partial charge in [0.25, 0.3) is 5.91 Å². The number of thiocarbonyl (C=S) groups is 1. The number of nitrogens with zero attached hydrogens (tertiary/aromatic N) is 2. The van der Waals surface area contributed by atoms with Crippen molar-refractivity contribution in [1.29, 1.82) is 0 Å². The minimum absolute atomic E-state index is 0.000793. The van der Waals surface area contributed by atoms with Crippen LogP contribution in [0.4, 0.5) is 0 Å². The van der Waals surface area contributed by atoms with E-state index in [-0.39, 0.29) is 11.9 Å². The molecule has 1 aromatic rings. The van der Waals surface area contributed by atoms with Crippen molar-refractivity contribution in [2.45, 2.75) is 19.9 Å². The van der Waals surface area contributed by atoms with Crippen LogP contribution in [-0.2, 0) is 4.79 Å². The van der Waals surface area contributed by atoms with Gasteiger partial charge in [0.05, 0.1) is 11.6 Å². The van der Waals surface area contributed by atoms with Crippen LogP contribution >= 0.6 is 12.2 Å². The largest absolute Gasteiger partial charge is 0.351 e. The number of carbonyl (C=O) groups is 1. The second kappa shape index (κ2) is 5.85. The van der Waals surface area contributed by atoms with Gasteiger partial charge >= 0.3 is 0 Å². The van der Waals surface area contributed by atoms with Gasteiger partial charge in [0.15, 0.2) is 5.11 Å². The van der Waals surface area contributed by atoms with Gasteiger partial charge in [-0.3, -0.25) is 4.79 Å². The molecule has 1 amide bonds. The van der Waals surface area contributed by atoms with Crippen molar-refractivity contribution in [3.8, 4) is 0 Å². The molecule has 5 heteroatoms. The van der Waals surface area contributed by atoms with Gasteiger partial charge in [0, 0.05) is 26.8 Å². The van der Waals surface area contributed by atoms with Gasteiger partial charge in [-0.25, -0.2) is 0 Å². The first-order chi connectivity index (χ1) is 9.82. The fourth-order valence-electron chi connectivity index (χ4n) is 2.45. The number of nitrogens with one attached hydrogen (secondary N) is 1. The Morgan fingerprint density at radius 3 is 2.57 bits per heavy atom. The van der Waals surface area contributed by atoms with E-state index in [2.05, 4.69) is 11.4 Å². The lowest BCUT2D eigenvalue weighted by Gasteiger charge is -2.36. The van der Waals surface area contributed by atoms with Crippen LogP contribution in [0.5, 0.6) is 0 Å². The van der Waals surface area contributed by atoms with Crippen molar-refractivity contribution >= 4 is 23.2 Å². The van der Waals surface area contributed by atoms with E-state index in [4.69, 9.17) is 12.2 Å². The van der Waals surface area contributed by atoms with Gasteiger partial charge in [-0.05, 0) is 31.6 Å². The maximum absolute atomic E-state index is 12.6. The van der Waals surface area contributed by atoms with Crippen molar-refractivity contribution in [1.82, 2.24) is 15.1 Å². The summed E-state index contributed by atoms with van der Waals surface area (Å²) >= 11 is 5.38. The molecule has 0 aromatic heterocycles. The first kappa shape index (κ1) is 15.5. The third-order valence-corrected chi connectivity index (χ3v) is 4.16. The number of hydrogen-bond acceptors (Lipinski definition) is 2.